The average molecular weight is 272 g/mol. The highest BCUT2D eigenvalue weighted by Crippen LogP contribution is 2.33. The molecule has 2 heteroatoms. The maximum atomic E-state index is 10.8. The number of allylic oxidation sites excluding steroid dienone is 1. The molecule has 0 radical (unpaired) electrons. The Kier molecular flexibility index (Phi) is 5.40. The molecule has 0 aliphatic heterocycles. The lowest BCUT2D eigenvalue weighted by Gasteiger charge is -2.27. The molecule has 108 valence electrons. The van der Waals surface area contributed by atoms with E-state index in [2.05, 4.69) is 12.7 Å². The molecule has 0 spiro atoms. The lowest BCUT2D eigenvalue weighted by atomic mass is 9.78. The Balaban J connectivity index is 1.75. The summed E-state index contributed by atoms with van der Waals surface area (Å²) in [4.78, 5) is 10.8. The second kappa shape index (κ2) is 7.28. The lowest BCUT2D eigenvalue weighted by Crippen LogP contribution is -2.14. The fourth-order valence-corrected chi connectivity index (χ4v) is 3.18. The number of aryl methyl sites for hydroxylation is 1. The van der Waals surface area contributed by atoms with E-state index < -0.39 is 5.97 Å². The highest BCUT2D eigenvalue weighted by atomic mass is 16.4. The Bertz CT molecular complexity index is 439. The van der Waals surface area contributed by atoms with Gasteiger partial charge in [0.25, 0.3) is 0 Å². The summed E-state index contributed by atoms with van der Waals surface area (Å²) in [5, 5.41) is 8.87. The van der Waals surface area contributed by atoms with Gasteiger partial charge in [-0.15, -0.1) is 6.58 Å². The van der Waals surface area contributed by atoms with Crippen LogP contribution in [0.25, 0.3) is 0 Å². The van der Waals surface area contributed by atoms with E-state index in [9.17, 15) is 4.79 Å². The fourth-order valence-electron chi connectivity index (χ4n) is 3.18. The molecule has 0 aromatic heterocycles. The van der Waals surface area contributed by atoms with Crippen molar-refractivity contribution in [2.75, 3.05) is 0 Å². The van der Waals surface area contributed by atoms with Crippen molar-refractivity contribution < 1.29 is 9.90 Å². The van der Waals surface area contributed by atoms with E-state index in [4.69, 9.17) is 5.11 Å². The molecular weight excluding hydrogens is 248 g/mol. The number of hydrogen-bond acceptors (Lipinski definition) is 1. The van der Waals surface area contributed by atoms with Crippen LogP contribution in [-0.4, -0.2) is 11.1 Å². The van der Waals surface area contributed by atoms with Crippen LogP contribution in [-0.2, 0) is 6.42 Å². The molecule has 2 rings (SSSR count). The molecule has 1 fully saturated rings. The quantitative estimate of drug-likeness (QED) is 0.762. The number of carboxylic acid groups (broad SMARTS) is 1. The summed E-state index contributed by atoms with van der Waals surface area (Å²) in [7, 11) is 0. The van der Waals surface area contributed by atoms with Gasteiger partial charge in [0.15, 0.2) is 0 Å². The largest absolute Gasteiger partial charge is 0.478 e. The monoisotopic (exact) mass is 272 g/mol. The summed E-state index contributed by atoms with van der Waals surface area (Å²) >= 11 is 0. The van der Waals surface area contributed by atoms with Gasteiger partial charge in [0.05, 0.1) is 5.56 Å². The molecular formula is C18H24O2. The van der Waals surface area contributed by atoms with Crippen molar-refractivity contribution >= 4 is 5.97 Å². The number of benzene rings is 1. The number of carbonyl (C=O) groups is 1. The van der Waals surface area contributed by atoms with Gasteiger partial charge in [-0.3, -0.25) is 0 Å². The van der Waals surface area contributed by atoms with Crippen molar-refractivity contribution in [3.63, 3.8) is 0 Å². The summed E-state index contributed by atoms with van der Waals surface area (Å²) < 4.78 is 0. The molecule has 1 saturated carbocycles. The number of aromatic carboxylic acids is 1. The molecule has 2 nitrogen and oxygen atoms in total. The van der Waals surface area contributed by atoms with Crippen LogP contribution in [0.2, 0.25) is 0 Å². The van der Waals surface area contributed by atoms with Crippen molar-refractivity contribution in [3.8, 4) is 0 Å². The third-order valence-electron chi connectivity index (χ3n) is 4.51. The Morgan fingerprint density at radius 3 is 2.30 bits per heavy atom. The molecule has 0 bridgehead atoms. The summed E-state index contributed by atoms with van der Waals surface area (Å²) in [6.07, 6.45) is 10.9. The minimum absolute atomic E-state index is 0.374. The van der Waals surface area contributed by atoms with Crippen LogP contribution in [0.3, 0.4) is 0 Å². The SMILES string of the molecule is C=CC[C@H]1CC[C@H](CCc2ccc(C(=O)O)cc2)CC1. The zero-order valence-electron chi connectivity index (χ0n) is 12.1. The van der Waals surface area contributed by atoms with Gasteiger partial charge >= 0.3 is 5.97 Å². The Labute approximate surface area is 121 Å². The van der Waals surface area contributed by atoms with Gasteiger partial charge in [0.2, 0.25) is 0 Å². The van der Waals surface area contributed by atoms with Crippen molar-refractivity contribution in [2.45, 2.75) is 44.9 Å². The molecule has 0 amide bonds. The maximum absolute atomic E-state index is 10.8. The molecule has 20 heavy (non-hydrogen) atoms. The Morgan fingerprint density at radius 2 is 1.75 bits per heavy atom. The molecule has 0 saturated heterocycles. The normalized spacial score (nSPS) is 22.4. The third-order valence-corrected chi connectivity index (χ3v) is 4.51. The summed E-state index contributed by atoms with van der Waals surface area (Å²) in [6, 6.07) is 7.32. The second-order valence-corrected chi connectivity index (χ2v) is 5.95. The number of rotatable bonds is 6. The lowest BCUT2D eigenvalue weighted by molar-refractivity contribution is 0.0697. The fraction of sp³-hybridized carbons (Fsp3) is 0.500. The van der Waals surface area contributed by atoms with E-state index in [1.807, 2.05) is 12.1 Å². The van der Waals surface area contributed by atoms with E-state index in [1.165, 1.54) is 44.1 Å². The second-order valence-electron chi connectivity index (χ2n) is 5.95. The van der Waals surface area contributed by atoms with Gasteiger partial charge in [0.1, 0.15) is 0 Å². The van der Waals surface area contributed by atoms with Gasteiger partial charge < -0.3 is 5.11 Å². The van der Waals surface area contributed by atoms with Gasteiger partial charge in [-0.1, -0.05) is 31.1 Å². The smallest absolute Gasteiger partial charge is 0.335 e. The van der Waals surface area contributed by atoms with Crippen LogP contribution in [0.4, 0.5) is 0 Å². The predicted molar refractivity (Wildman–Crippen MR) is 82.0 cm³/mol. The topological polar surface area (TPSA) is 37.3 Å². The van der Waals surface area contributed by atoms with E-state index >= 15 is 0 Å². The van der Waals surface area contributed by atoms with Crippen molar-refractivity contribution in [1.29, 1.82) is 0 Å². The molecule has 1 aromatic rings. The van der Waals surface area contributed by atoms with Crippen LogP contribution >= 0.6 is 0 Å². The first-order valence-electron chi connectivity index (χ1n) is 7.62. The van der Waals surface area contributed by atoms with Gasteiger partial charge in [-0.2, -0.15) is 0 Å². The molecule has 1 aliphatic rings. The average Bonchev–Trinajstić information content (AvgIpc) is 2.47. The summed E-state index contributed by atoms with van der Waals surface area (Å²) in [5.41, 5.74) is 1.63. The van der Waals surface area contributed by atoms with Crippen molar-refractivity contribution in [1.82, 2.24) is 0 Å². The molecule has 1 N–H and O–H groups in total. The van der Waals surface area contributed by atoms with Crippen LogP contribution in [0.5, 0.6) is 0 Å². The molecule has 1 aliphatic carbocycles. The summed E-state index contributed by atoms with van der Waals surface area (Å²) in [5.74, 6) is 0.853. The number of carboxylic acids is 1. The first kappa shape index (κ1) is 14.8. The van der Waals surface area contributed by atoms with E-state index in [1.54, 1.807) is 12.1 Å². The van der Waals surface area contributed by atoms with Crippen LogP contribution in [0, 0.1) is 11.8 Å². The molecule has 0 atom stereocenters. The van der Waals surface area contributed by atoms with Gasteiger partial charge in [-0.05, 0) is 61.6 Å². The minimum Gasteiger partial charge on any atom is -0.478 e. The summed E-state index contributed by atoms with van der Waals surface area (Å²) in [6.45, 7) is 3.83. The van der Waals surface area contributed by atoms with Gasteiger partial charge in [-0.25, -0.2) is 4.79 Å². The zero-order chi connectivity index (χ0) is 14.4. The van der Waals surface area contributed by atoms with Crippen molar-refractivity contribution in [3.05, 3.63) is 48.0 Å². The van der Waals surface area contributed by atoms with E-state index in [0.717, 1.165) is 18.3 Å². The zero-order valence-corrected chi connectivity index (χ0v) is 12.1. The van der Waals surface area contributed by atoms with Crippen LogP contribution in [0.15, 0.2) is 36.9 Å². The predicted octanol–water partition coefficient (Wildman–Crippen LogP) is 4.70. The highest BCUT2D eigenvalue weighted by molar-refractivity contribution is 5.87. The third kappa shape index (κ3) is 4.22. The first-order valence-corrected chi connectivity index (χ1v) is 7.62. The molecule has 0 unspecified atom stereocenters. The van der Waals surface area contributed by atoms with E-state index in [-0.39, 0.29) is 0 Å². The maximum Gasteiger partial charge on any atom is 0.335 e. The first-order chi connectivity index (χ1) is 9.69. The minimum atomic E-state index is -0.850. The van der Waals surface area contributed by atoms with E-state index in [0.29, 0.717) is 5.56 Å². The number of hydrogen-bond donors (Lipinski definition) is 1. The standard InChI is InChI=1S/C18H24O2/c1-2-3-14-4-6-15(7-5-14)8-9-16-10-12-17(13-11-16)18(19)20/h2,10-15H,1,3-9H2,(H,19,20)/t14-,15-. The van der Waals surface area contributed by atoms with Gasteiger partial charge in [0, 0.05) is 0 Å². The molecule has 1 aromatic carbocycles. The Morgan fingerprint density at radius 1 is 1.15 bits per heavy atom. The van der Waals surface area contributed by atoms with Crippen LogP contribution < -0.4 is 0 Å². The highest BCUT2D eigenvalue weighted by Gasteiger charge is 2.19. The molecule has 0 heterocycles. The van der Waals surface area contributed by atoms with Crippen molar-refractivity contribution in [2.24, 2.45) is 11.8 Å². The Hall–Kier alpha value is -1.57. The van der Waals surface area contributed by atoms with Crippen LogP contribution in [0.1, 0.15) is 54.4 Å².